The van der Waals surface area contributed by atoms with Crippen molar-refractivity contribution in [1.82, 2.24) is 0 Å². The van der Waals surface area contributed by atoms with Crippen LogP contribution in [0, 0.1) is 0 Å². The second kappa shape index (κ2) is 4.25. The Kier molecular flexibility index (Phi) is 5.28. The molecule has 5 heteroatoms. The molecule has 0 radical (unpaired) electrons. The van der Waals surface area contributed by atoms with E-state index in [9.17, 15) is 4.79 Å². The number of hydrogen-bond donors (Lipinski definition) is 3. The summed E-state index contributed by atoms with van der Waals surface area (Å²) >= 11 is 0. The molecule has 0 aliphatic heterocycles. The Balaban J connectivity index is 0. The highest BCUT2D eigenvalue weighted by Gasteiger charge is 2.16. The highest BCUT2D eigenvalue weighted by Crippen LogP contribution is 1.85. The van der Waals surface area contributed by atoms with Gasteiger partial charge in [-0.1, -0.05) is 0 Å². The average Bonchev–Trinajstić information content (AvgIpc) is 1.64. The fourth-order valence-corrected chi connectivity index (χ4v) is 0.206. The van der Waals surface area contributed by atoms with Crippen molar-refractivity contribution in [3.63, 3.8) is 0 Å². The molecule has 0 spiro atoms. The van der Waals surface area contributed by atoms with E-state index in [-0.39, 0.29) is 5.48 Å². The van der Waals surface area contributed by atoms with Crippen molar-refractivity contribution in [2.45, 2.75) is 19.1 Å². The Hall–Kier alpha value is -0.650. The molecule has 9 heavy (non-hydrogen) atoms. The van der Waals surface area contributed by atoms with Gasteiger partial charge in [-0.2, -0.15) is 0 Å². The van der Waals surface area contributed by atoms with E-state index in [1.165, 1.54) is 6.92 Å². The first-order chi connectivity index (χ1) is 3.55. The zero-order chi connectivity index (χ0) is 6.73. The third-order valence-electron chi connectivity index (χ3n) is 0.805. The zero-order valence-electron chi connectivity index (χ0n) is 5.03. The van der Waals surface area contributed by atoms with Gasteiger partial charge >= 0.3 is 5.97 Å². The number of carboxylic acids is 1. The summed E-state index contributed by atoms with van der Waals surface area (Å²) in [6.07, 6.45) is -0.979. The standard InChI is InChI=1S/C4H9NO3.H2O/c1-2(6)3(5)4(7)8;/h2-3,6H,5H2,1H3,(H,7,8);1H2/t2?,3-;/m0./s1. The quantitative estimate of drug-likeness (QED) is 0.406. The van der Waals surface area contributed by atoms with E-state index in [0.29, 0.717) is 0 Å². The zero-order valence-corrected chi connectivity index (χ0v) is 5.03. The summed E-state index contributed by atoms with van der Waals surface area (Å²) in [6.45, 7) is 1.33. The molecule has 0 heterocycles. The average molecular weight is 137 g/mol. The van der Waals surface area contributed by atoms with E-state index in [2.05, 4.69) is 0 Å². The van der Waals surface area contributed by atoms with Crippen molar-refractivity contribution < 1.29 is 20.5 Å². The molecule has 0 aliphatic rings. The molecular formula is C4H11NO4. The highest BCUT2D eigenvalue weighted by molar-refractivity contribution is 5.73. The van der Waals surface area contributed by atoms with Gasteiger partial charge in [0.1, 0.15) is 6.04 Å². The van der Waals surface area contributed by atoms with Crippen LogP contribution >= 0.6 is 0 Å². The molecule has 0 amide bonds. The summed E-state index contributed by atoms with van der Waals surface area (Å²) in [7, 11) is 0. The van der Waals surface area contributed by atoms with Crippen LogP contribution in [0.3, 0.4) is 0 Å². The maximum absolute atomic E-state index is 9.86. The van der Waals surface area contributed by atoms with Crippen LogP contribution in [0.4, 0.5) is 0 Å². The molecule has 1 unspecified atom stereocenters. The van der Waals surface area contributed by atoms with Crippen LogP contribution in [-0.2, 0) is 4.79 Å². The maximum atomic E-state index is 9.86. The molecule has 0 aromatic heterocycles. The van der Waals surface area contributed by atoms with Gasteiger partial charge in [-0.15, -0.1) is 0 Å². The van der Waals surface area contributed by atoms with E-state index in [0.717, 1.165) is 0 Å². The first kappa shape index (κ1) is 11.2. The van der Waals surface area contributed by atoms with Crippen molar-refractivity contribution in [3.05, 3.63) is 0 Å². The Morgan fingerprint density at radius 1 is 1.67 bits per heavy atom. The molecule has 56 valence electrons. The van der Waals surface area contributed by atoms with E-state index in [1.54, 1.807) is 0 Å². The maximum Gasteiger partial charge on any atom is 0.323 e. The number of aliphatic hydroxyl groups excluding tert-OH is 1. The molecule has 6 N–H and O–H groups in total. The normalized spacial score (nSPS) is 15.4. The largest absolute Gasteiger partial charge is 0.480 e. The molecule has 0 aromatic carbocycles. The van der Waals surface area contributed by atoms with Crippen LogP contribution in [-0.4, -0.2) is 33.8 Å². The Bertz CT molecular complexity index is 92.6. The third kappa shape index (κ3) is 3.89. The van der Waals surface area contributed by atoms with E-state index in [1.807, 2.05) is 0 Å². The van der Waals surface area contributed by atoms with E-state index >= 15 is 0 Å². The SMILES string of the molecule is CC(O)[C@H](N)C(=O)O.O. The molecule has 0 aromatic rings. The van der Waals surface area contributed by atoms with Gasteiger partial charge in [0, 0.05) is 0 Å². The van der Waals surface area contributed by atoms with Crippen molar-refractivity contribution in [1.29, 1.82) is 0 Å². The van der Waals surface area contributed by atoms with Gasteiger partial charge in [0.2, 0.25) is 0 Å². The molecular weight excluding hydrogens is 126 g/mol. The van der Waals surface area contributed by atoms with Crippen LogP contribution in [0.25, 0.3) is 0 Å². The van der Waals surface area contributed by atoms with Crippen molar-refractivity contribution in [2.24, 2.45) is 5.73 Å². The van der Waals surface area contributed by atoms with Gasteiger partial charge in [0.25, 0.3) is 0 Å². The van der Waals surface area contributed by atoms with Crippen LogP contribution in [0.1, 0.15) is 6.92 Å². The molecule has 0 saturated carbocycles. The smallest absolute Gasteiger partial charge is 0.323 e. The first-order valence-corrected chi connectivity index (χ1v) is 2.22. The van der Waals surface area contributed by atoms with Gasteiger partial charge in [-0.3, -0.25) is 4.79 Å². The van der Waals surface area contributed by atoms with E-state index in [4.69, 9.17) is 15.9 Å². The molecule has 2 atom stereocenters. The molecule has 0 aliphatic carbocycles. The lowest BCUT2D eigenvalue weighted by Gasteiger charge is -2.06. The number of aliphatic carboxylic acids is 1. The number of carbonyl (C=O) groups is 1. The van der Waals surface area contributed by atoms with Gasteiger partial charge in [-0.05, 0) is 6.92 Å². The van der Waals surface area contributed by atoms with Crippen LogP contribution in [0.2, 0.25) is 0 Å². The minimum absolute atomic E-state index is 0. The van der Waals surface area contributed by atoms with Crippen LogP contribution in [0.15, 0.2) is 0 Å². The number of rotatable bonds is 2. The molecule has 0 rings (SSSR count). The lowest BCUT2D eigenvalue weighted by atomic mass is 10.2. The van der Waals surface area contributed by atoms with Crippen molar-refractivity contribution >= 4 is 5.97 Å². The van der Waals surface area contributed by atoms with Gasteiger partial charge in [0.15, 0.2) is 0 Å². The third-order valence-corrected chi connectivity index (χ3v) is 0.805. The monoisotopic (exact) mass is 137 g/mol. The summed E-state index contributed by atoms with van der Waals surface area (Å²) in [5.41, 5.74) is 4.91. The predicted octanol–water partition coefficient (Wildman–Crippen LogP) is -2.05. The summed E-state index contributed by atoms with van der Waals surface area (Å²) in [5, 5.41) is 16.6. The van der Waals surface area contributed by atoms with Gasteiger partial charge in [-0.25, -0.2) is 0 Å². The minimum atomic E-state index is -1.18. The summed E-state index contributed by atoms with van der Waals surface area (Å²) < 4.78 is 0. The van der Waals surface area contributed by atoms with Gasteiger partial charge in [0.05, 0.1) is 6.10 Å². The lowest BCUT2D eigenvalue weighted by molar-refractivity contribution is -0.140. The molecule has 0 fully saturated rings. The van der Waals surface area contributed by atoms with Crippen LogP contribution < -0.4 is 5.73 Å². The van der Waals surface area contributed by atoms with Crippen molar-refractivity contribution in [2.75, 3.05) is 0 Å². The number of carboxylic acid groups (broad SMARTS) is 1. The fraction of sp³-hybridized carbons (Fsp3) is 0.750. The Morgan fingerprint density at radius 3 is 2.00 bits per heavy atom. The summed E-state index contributed by atoms with van der Waals surface area (Å²) in [4.78, 5) is 9.86. The number of hydrogen-bond acceptors (Lipinski definition) is 3. The number of nitrogens with two attached hydrogens (primary N) is 1. The lowest BCUT2D eigenvalue weighted by Crippen LogP contribution is -2.39. The highest BCUT2D eigenvalue weighted by atomic mass is 16.4. The van der Waals surface area contributed by atoms with Crippen LogP contribution in [0.5, 0.6) is 0 Å². The Labute approximate surface area is 52.4 Å². The van der Waals surface area contributed by atoms with Crippen molar-refractivity contribution in [3.8, 4) is 0 Å². The summed E-state index contributed by atoms with van der Waals surface area (Å²) in [6, 6.07) is -1.16. The second-order valence-corrected chi connectivity index (χ2v) is 1.60. The fourth-order valence-electron chi connectivity index (χ4n) is 0.206. The Morgan fingerprint density at radius 2 is 2.00 bits per heavy atom. The van der Waals surface area contributed by atoms with Gasteiger partial charge < -0.3 is 21.4 Å². The topological polar surface area (TPSA) is 115 Å². The number of aliphatic hydroxyl groups is 1. The molecule has 5 nitrogen and oxygen atoms in total. The first-order valence-electron chi connectivity index (χ1n) is 2.22. The van der Waals surface area contributed by atoms with E-state index < -0.39 is 18.1 Å². The minimum Gasteiger partial charge on any atom is -0.480 e. The predicted molar refractivity (Wildman–Crippen MR) is 30.9 cm³/mol. The second-order valence-electron chi connectivity index (χ2n) is 1.60. The molecule has 0 bridgehead atoms. The summed E-state index contributed by atoms with van der Waals surface area (Å²) in [5.74, 6) is -1.18. The molecule has 0 saturated heterocycles.